The van der Waals surface area contributed by atoms with Gasteiger partial charge >= 0.3 is 0 Å². The summed E-state index contributed by atoms with van der Waals surface area (Å²) in [4.78, 5) is 2.51. The minimum absolute atomic E-state index is 0.164. The second kappa shape index (κ2) is 15.4. The number of hydrogen-bond donors (Lipinski definition) is 0. The fraction of sp³-hybridized carbons (Fsp3) is 0.0625. The molecule has 308 valence electrons. The Kier molecular flexibility index (Phi) is 9.14. The van der Waals surface area contributed by atoms with Crippen LogP contribution in [-0.2, 0) is 10.8 Å². The van der Waals surface area contributed by atoms with Crippen LogP contribution in [-0.4, -0.2) is 0 Å². The first-order valence-corrected chi connectivity index (χ1v) is 22.7. The van der Waals surface area contributed by atoms with Crippen LogP contribution in [0.2, 0.25) is 0 Å². The molecule has 1 heteroatoms. The molecule has 0 radical (unpaired) electrons. The van der Waals surface area contributed by atoms with Gasteiger partial charge in [0.05, 0.1) is 5.41 Å². The van der Waals surface area contributed by atoms with E-state index in [-0.39, 0.29) is 5.41 Å². The van der Waals surface area contributed by atoms with Crippen LogP contribution in [0.1, 0.15) is 47.2 Å². The monoisotopic (exact) mass is 829 g/mol. The van der Waals surface area contributed by atoms with Crippen molar-refractivity contribution in [3.63, 3.8) is 0 Å². The standard InChI is InChI=1S/C64H47N/c1-63(2)59-29-17-15-27-55(59)57-37-35-52(42-61(57)63)65(54-40-48(45-21-9-4-10-22-45)39-49(41-54)46-23-11-5-12-24-46)53-36-38-58-56-28-16-18-30-60(56)64(62(58)43-53,50-25-13-6-14-26-50)51-33-31-47(32-34-51)44-19-7-3-8-20-44/h3-43H,1-2H3. The van der Waals surface area contributed by atoms with E-state index in [4.69, 9.17) is 0 Å². The van der Waals surface area contributed by atoms with Gasteiger partial charge in [0.25, 0.3) is 0 Å². The summed E-state index contributed by atoms with van der Waals surface area (Å²) in [5.41, 5.74) is 22.7. The second-order valence-corrected chi connectivity index (χ2v) is 18.1. The first-order chi connectivity index (χ1) is 32.0. The lowest BCUT2D eigenvalue weighted by atomic mass is 9.67. The van der Waals surface area contributed by atoms with Gasteiger partial charge in [-0.15, -0.1) is 0 Å². The minimum Gasteiger partial charge on any atom is -0.310 e. The highest BCUT2D eigenvalue weighted by atomic mass is 15.1. The van der Waals surface area contributed by atoms with Gasteiger partial charge in [-0.1, -0.05) is 220 Å². The highest BCUT2D eigenvalue weighted by molar-refractivity contribution is 5.92. The number of fused-ring (bicyclic) bond motifs is 6. The van der Waals surface area contributed by atoms with Crippen LogP contribution < -0.4 is 4.90 Å². The number of benzene rings is 10. The lowest BCUT2D eigenvalue weighted by molar-refractivity contribution is 0.660. The molecular formula is C64H47N. The van der Waals surface area contributed by atoms with E-state index in [1.54, 1.807) is 0 Å². The second-order valence-electron chi connectivity index (χ2n) is 18.1. The van der Waals surface area contributed by atoms with Gasteiger partial charge < -0.3 is 4.90 Å². The molecule has 0 saturated heterocycles. The van der Waals surface area contributed by atoms with Gasteiger partial charge in [-0.2, -0.15) is 0 Å². The number of anilines is 3. The van der Waals surface area contributed by atoms with Crippen LogP contribution in [0.5, 0.6) is 0 Å². The average Bonchev–Trinajstić information content (AvgIpc) is 3.80. The van der Waals surface area contributed by atoms with Crippen molar-refractivity contribution in [2.45, 2.75) is 24.7 Å². The number of hydrogen-bond acceptors (Lipinski definition) is 1. The first-order valence-electron chi connectivity index (χ1n) is 22.7. The molecule has 0 heterocycles. The average molecular weight is 830 g/mol. The minimum atomic E-state index is -0.577. The Hall–Kier alpha value is -8.00. The van der Waals surface area contributed by atoms with Crippen LogP contribution in [0, 0.1) is 0 Å². The van der Waals surface area contributed by atoms with Crippen LogP contribution >= 0.6 is 0 Å². The van der Waals surface area contributed by atoms with Crippen molar-refractivity contribution in [1.29, 1.82) is 0 Å². The molecule has 1 unspecified atom stereocenters. The lowest BCUT2D eigenvalue weighted by Gasteiger charge is -2.35. The Morgan fingerprint density at radius 2 is 0.662 bits per heavy atom. The Balaban J connectivity index is 1.13. The van der Waals surface area contributed by atoms with Crippen molar-refractivity contribution < 1.29 is 0 Å². The predicted octanol–water partition coefficient (Wildman–Crippen LogP) is 16.8. The Morgan fingerprint density at radius 3 is 1.23 bits per heavy atom. The summed E-state index contributed by atoms with van der Waals surface area (Å²) in [7, 11) is 0. The van der Waals surface area contributed by atoms with Gasteiger partial charge in [0.2, 0.25) is 0 Å². The molecular weight excluding hydrogens is 783 g/mol. The third-order valence-electron chi connectivity index (χ3n) is 14.1. The van der Waals surface area contributed by atoms with Gasteiger partial charge in [0, 0.05) is 22.5 Å². The van der Waals surface area contributed by atoms with Crippen molar-refractivity contribution in [3.05, 3.63) is 282 Å². The highest BCUT2D eigenvalue weighted by Gasteiger charge is 2.46. The maximum atomic E-state index is 2.51. The van der Waals surface area contributed by atoms with Gasteiger partial charge in [-0.3, -0.25) is 0 Å². The molecule has 0 amide bonds. The Morgan fingerprint density at radius 1 is 0.262 bits per heavy atom. The van der Waals surface area contributed by atoms with Crippen molar-refractivity contribution >= 4 is 17.1 Å². The number of nitrogens with zero attached hydrogens (tertiary/aromatic N) is 1. The summed E-state index contributed by atoms with van der Waals surface area (Å²) in [5.74, 6) is 0. The smallest absolute Gasteiger partial charge is 0.0714 e. The quantitative estimate of drug-likeness (QED) is 0.147. The maximum absolute atomic E-state index is 2.51. The summed E-state index contributed by atoms with van der Waals surface area (Å²) in [6.07, 6.45) is 0. The molecule has 10 aromatic rings. The molecule has 0 fully saturated rings. The molecule has 65 heavy (non-hydrogen) atoms. The topological polar surface area (TPSA) is 3.24 Å². The summed E-state index contributed by atoms with van der Waals surface area (Å²) >= 11 is 0. The van der Waals surface area contributed by atoms with E-state index in [2.05, 4.69) is 267 Å². The van der Waals surface area contributed by atoms with Crippen LogP contribution in [0.25, 0.3) is 55.6 Å². The summed E-state index contributed by atoms with van der Waals surface area (Å²) < 4.78 is 0. The Labute approximate surface area is 382 Å². The molecule has 0 N–H and O–H groups in total. The zero-order chi connectivity index (χ0) is 43.5. The first kappa shape index (κ1) is 38.7. The van der Waals surface area contributed by atoms with E-state index in [9.17, 15) is 0 Å². The normalized spacial score (nSPS) is 15.1. The molecule has 0 bridgehead atoms. The molecule has 0 spiro atoms. The SMILES string of the molecule is CC1(C)c2ccccc2-c2ccc(N(c3cc(-c4ccccc4)cc(-c4ccccc4)c3)c3ccc4c(c3)C(c3ccccc3)(c3ccc(-c5ccccc5)cc3)c3ccccc3-4)cc21. The van der Waals surface area contributed by atoms with Gasteiger partial charge in [0.15, 0.2) is 0 Å². The van der Waals surface area contributed by atoms with Crippen LogP contribution in [0.15, 0.2) is 249 Å². The van der Waals surface area contributed by atoms with E-state index in [0.717, 1.165) is 17.1 Å². The molecule has 0 aliphatic heterocycles. The van der Waals surface area contributed by atoms with Crippen LogP contribution in [0.4, 0.5) is 17.1 Å². The lowest BCUT2D eigenvalue weighted by Crippen LogP contribution is -2.28. The van der Waals surface area contributed by atoms with E-state index < -0.39 is 5.41 Å². The highest BCUT2D eigenvalue weighted by Crippen LogP contribution is 2.58. The third-order valence-corrected chi connectivity index (χ3v) is 14.1. The van der Waals surface area contributed by atoms with E-state index in [1.807, 2.05) is 0 Å². The van der Waals surface area contributed by atoms with Gasteiger partial charge in [0.1, 0.15) is 0 Å². The van der Waals surface area contributed by atoms with E-state index in [0.29, 0.717) is 0 Å². The molecule has 2 aliphatic rings. The van der Waals surface area contributed by atoms with Gasteiger partial charge in [-0.05, 0) is 131 Å². The fourth-order valence-electron chi connectivity index (χ4n) is 11.0. The van der Waals surface area contributed by atoms with Gasteiger partial charge in [-0.25, -0.2) is 0 Å². The van der Waals surface area contributed by atoms with Crippen molar-refractivity contribution in [3.8, 4) is 55.6 Å². The maximum Gasteiger partial charge on any atom is 0.0714 e. The molecule has 10 aromatic carbocycles. The molecule has 0 saturated carbocycles. The number of rotatable bonds is 8. The summed E-state index contributed by atoms with van der Waals surface area (Å²) in [5, 5.41) is 0. The van der Waals surface area contributed by atoms with Crippen molar-refractivity contribution in [2.24, 2.45) is 0 Å². The fourth-order valence-corrected chi connectivity index (χ4v) is 11.0. The zero-order valence-electron chi connectivity index (χ0n) is 36.6. The molecule has 12 rings (SSSR count). The van der Waals surface area contributed by atoms with Crippen LogP contribution in [0.3, 0.4) is 0 Å². The van der Waals surface area contributed by atoms with Crippen molar-refractivity contribution in [2.75, 3.05) is 4.90 Å². The molecule has 0 aromatic heterocycles. The third kappa shape index (κ3) is 6.22. The van der Waals surface area contributed by atoms with E-state index in [1.165, 1.54) is 89.0 Å². The Bertz CT molecular complexity index is 3310. The largest absolute Gasteiger partial charge is 0.310 e. The molecule has 1 atom stereocenters. The predicted molar refractivity (Wildman–Crippen MR) is 272 cm³/mol. The van der Waals surface area contributed by atoms with Crippen molar-refractivity contribution in [1.82, 2.24) is 0 Å². The molecule has 1 nitrogen and oxygen atoms in total. The molecule has 2 aliphatic carbocycles. The van der Waals surface area contributed by atoms with E-state index >= 15 is 0 Å². The zero-order valence-corrected chi connectivity index (χ0v) is 36.6. The summed E-state index contributed by atoms with van der Waals surface area (Å²) in [6, 6.07) is 92.2. The summed E-state index contributed by atoms with van der Waals surface area (Å²) in [6.45, 7) is 4.75.